The SMILES string of the molecule is CCNC(=O)[C@H]1O[C@@H](n2cnc3c(NC(=O)Nc4ccccc4S(=O)(=O)NC45CC6CC(CC(C6)C4)C5)ncnc32)C(O)C1O. The van der Waals surface area contributed by atoms with Crippen LogP contribution in [0.1, 0.15) is 51.7 Å². The van der Waals surface area contributed by atoms with Crippen LogP contribution in [0.2, 0.25) is 0 Å². The number of aliphatic hydroxyl groups is 2. The van der Waals surface area contributed by atoms with E-state index in [0.717, 1.165) is 19.3 Å². The summed E-state index contributed by atoms with van der Waals surface area (Å²) < 4.78 is 37.5. The number of amides is 3. The molecule has 8 rings (SSSR count). The highest BCUT2D eigenvalue weighted by Crippen LogP contribution is 2.56. The highest BCUT2D eigenvalue weighted by atomic mass is 32.2. The van der Waals surface area contributed by atoms with Gasteiger partial charge in [-0.3, -0.25) is 14.7 Å². The fraction of sp³-hybridized carbons (Fsp3) is 0.552. The average molecular weight is 641 g/mol. The van der Waals surface area contributed by atoms with Crippen LogP contribution in [0.4, 0.5) is 16.3 Å². The monoisotopic (exact) mass is 640 g/mol. The van der Waals surface area contributed by atoms with Crippen molar-refractivity contribution in [1.29, 1.82) is 0 Å². The second kappa shape index (κ2) is 11.3. The molecule has 4 aliphatic carbocycles. The number of ether oxygens (including phenoxy) is 1. The molecule has 4 saturated carbocycles. The summed E-state index contributed by atoms with van der Waals surface area (Å²) in [5.41, 5.74) is -0.0311. The number of carbonyl (C=O) groups excluding carboxylic acids is 2. The Balaban J connectivity index is 1.08. The number of fused-ring (bicyclic) bond motifs is 1. The smallest absolute Gasteiger partial charge is 0.324 e. The van der Waals surface area contributed by atoms with Crippen LogP contribution in [0.25, 0.3) is 11.2 Å². The fourth-order valence-corrected chi connectivity index (χ4v) is 9.75. The van der Waals surface area contributed by atoms with Crippen molar-refractivity contribution < 1.29 is 33.0 Å². The van der Waals surface area contributed by atoms with Crippen LogP contribution in [0.5, 0.6) is 0 Å². The van der Waals surface area contributed by atoms with Gasteiger partial charge in [-0.2, -0.15) is 0 Å². The number of rotatable bonds is 8. The van der Waals surface area contributed by atoms with E-state index >= 15 is 0 Å². The zero-order valence-electron chi connectivity index (χ0n) is 24.6. The topological polar surface area (TPSA) is 210 Å². The first-order valence-electron chi connectivity index (χ1n) is 15.2. The van der Waals surface area contributed by atoms with Gasteiger partial charge in [0.25, 0.3) is 5.91 Å². The summed E-state index contributed by atoms with van der Waals surface area (Å²) in [6.07, 6.45) is 3.10. The lowest BCUT2D eigenvalue weighted by molar-refractivity contribution is -0.137. The zero-order chi connectivity index (χ0) is 31.5. The number of imidazole rings is 1. The Bertz CT molecular complexity index is 1710. The molecule has 4 atom stereocenters. The minimum absolute atomic E-state index is 0.0107. The summed E-state index contributed by atoms with van der Waals surface area (Å²) in [5, 5.41) is 28.8. The summed E-state index contributed by atoms with van der Waals surface area (Å²) in [4.78, 5) is 38.0. The lowest BCUT2D eigenvalue weighted by atomic mass is 9.53. The van der Waals surface area contributed by atoms with E-state index in [1.165, 1.54) is 48.6 Å². The van der Waals surface area contributed by atoms with Crippen molar-refractivity contribution in [2.24, 2.45) is 17.8 Å². The van der Waals surface area contributed by atoms with Crippen LogP contribution in [-0.4, -0.2) is 80.5 Å². The molecule has 5 fully saturated rings. The maximum absolute atomic E-state index is 13.7. The first-order valence-corrected chi connectivity index (χ1v) is 16.7. The quantitative estimate of drug-likeness (QED) is 0.209. The second-order valence-corrected chi connectivity index (χ2v) is 14.4. The maximum atomic E-state index is 13.7. The Morgan fingerprint density at radius 1 is 1.00 bits per heavy atom. The van der Waals surface area contributed by atoms with Crippen molar-refractivity contribution in [3.8, 4) is 0 Å². The number of likely N-dealkylation sites (N-methyl/N-ethyl adjacent to an activating group) is 1. The number of anilines is 2. The van der Waals surface area contributed by atoms with Gasteiger partial charge in [-0.05, 0) is 75.3 Å². The van der Waals surface area contributed by atoms with Crippen LogP contribution in [0.3, 0.4) is 0 Å². The minimum atomic E-state index is -3.96. The van der Waals surface area contributed by atoms with E-state index in [4.69, 9.17) is 4.74 Å². The molecule has 5 aliphatic rings. The summed E-state index contributed by atoms with van der Waals surface area (Å²) in [7, 11) is -3.96. The van der Waals surface area contributed by atoms with Gasteiger partial charge in [0.15, 0.2) is 29.3 Å². The third-order valence-electron chi connectivity index (χ3n) is 9.53. The molecule has 15 nitrogen and oxygen atoms in total. The van der Waals surface area contributed by atoms with E-state index in [9.17, 15) is 28.2 Å². The molecule has 1 aromatic carbocycles. The van der Waals surface area contributed by atoms with Crippen LogP contribution in [-0.2, 0) is 19.6 Å². The van der Waals surface area contributed by atoms with Gasteiger partial charge in [-0.1, -0.05) is 12.1 Å². The van der Waals surface area contributed by atoms with Gasteiger partial charge in [0, 0.05) is 12.1 Å². The molecule has 2 aromatic heterocycles. The number of aliphatic hydroxyl groups excluding tert-OH is 2. The van der Waals surface area contributed by atoms with Crippen molar-refractivity contribution in [2.45, 2.75) is 80.4 Å². The lowest BCUT2D eigenvalue weighted by Crippen LogP contribution is -2.59. The Hall–Kier alpha value is -3.70. The van der Waals surface area contributed by atoms with E-state index in [-0.39, 0.29) is 27.6 Å². The summed E-state index contributed by atoms with van der Waals surface area (Å²) >= 11 is 0. The molecule has 2 unspecified atom stereocenters. The third kappa shape index (κ3) is 5.43. The highest BCUT2D eigenvalue weighted by molar-refractivity contribution is 7.89. The number of aromatic nitrogens is 4. The van der Waals surface area contributed by atoms with Crippen molar-refractivity contribution >= 4 is 44.6 Å². The molecule has 3 amide bonds. The van der Waals surface area contributed by atoms with Gasteiger partial charge in [-0.15, -0.1) is 0 Å². The normalized spacial score (nSPS) is 32.1. The number of carbonyl (C=O) groups is 2. The predicted molar refractivity (Wildman–Crippen MR) is 160 cm³/mol. The maximum Gasteiger partial charge on any atom is 0.324 e. The second-order valence-electron chi connectivity index (χ2n) is 12.7. The number of sulfonamides is 1. The number of benzene rings is 1. The molecule has 4 bridgehead atoms. The summed E-state index contributed by atoms with van der Waals surface area (Å²) in [5.74, 6) is 1.11. The molecule has 1 saturated heterocycles. The van der Waals surface area contributed by atoms with Crippen molar-refractivity contribution in [3.63, 3.8) is 0 Å². The predicted octanol–water partition coefficient (Wildman–Crippen LogP) is 1.47. The fourth-order valence-electron chi connectivity index (χ4n) is 8.15. The van der Waals surface area contributed by atoms with Crippen LogP contribution >= 0.6 is 0 Å². The van der Waals surface area contributed by atoms with Gasteiger partial charge in [0.1, 0.15) is 23.4 Å². The largest absolute Gasteiger partial charge is 0.387 e. The Morgan fingerprint density at radius 3 is 2.38 bits per heavy atom. The van der Waals surface area contributed by atoms with Gasteiger partial charge < -0.3 is 25.6 Å². The van der Waals surface area contributed by atoms with Crippen molar-refractivity contribution in [3.05, 3.63) is 36.9 Å². The Morgan fingerprint density at radius 2 is 1.69 bits per heavy atom. The van der Waals surface area contributed by atoms with Gasteiger partial charge >= 0.3 is 6.03 Å². The lowest BCUT2D eigenvalue weighted by Gasteiger charge is -2.56. The Kier molecular flexibility index (Phi) is 7.51. The van der Waals surface area contributed by atoms with Gasteiger partial charge in [0.05, 0.1) is 12.0 Å². The van der Waals surface area contributed by atoms with Crippen molar-refractivity contribution in [2.75, 3.05) is 17.2 Å². The molecule has 16 heteroatoms. The van der Waals surface area contributed by atoms with E-state index < -0.39 is 52.0 Å². The van der Waals surface area contributed by atoms with E-state index in [2.05, 4.69) is 35.6 Å². The van der Waals surface area contributed by atoms with Crippen LogP contribution in [0.15, 0.2) is 41.8 Å². The first-order chi connectivity index (χ1) is 21.6. The molecule has 0 radical (unpaired) electrons. The molecule has 3 heterocycles. The van der Waals surface area contributed by atoms with Crippen molar-refractivity contribution in [1.82, 2.24) is 29.6 Å². The number of nitrogens with zero attached hydrogens (tertiary/aromatic N) is 4. The molecule has 240 valence electrons. The first kappa shape index (κ1) is 30.0. The number of para-hydroxylation sites is 1. The molecule has 6 N–H and O–H groups in total. The van der Waals surface area contributed by atoms with Crippen LogP contribution in [0, 0.1) is 17.8 Å². The average Bonchev–Trinajstić information content (AvgIpc) is 3.53. The summed E-state index contributed by atoms with van der Waals surface area (Å²) in [6, 6.07) is 5.49. The zero-order valence-corrected chi connectivity index (χ0v) is 25.4. The third-order valence-corrected chi connectivity index (χ3v) is 11.2. The standard InChI is InChI=1S/C29H36N8O7S/c1-2-30-26(40)23-21(38)22(39)27(44-23)37-14-33-20-24(31-13-32-25(20)37)35-28(41)34-18-5-3-4-6-19(18)45(42,43)36-29-10-15-7-16(11-29)9-17(8-15)12-29/h3-6,13-17,21-23,27,36,38-39H,2,7-12H2,1H3,(H,30,40)(H2,31,32,34,35,41)/t15?,16?,17?,21?,22?,23-,27+,29?/m0/s1. The molecular weight excluding hydrogens is 604 g/mol. The number of hydrogen-bond acceptors (Lipinski definition) is 10. The Labute approximate surface area is 259 Å². The van der Waals surface area contributed by atoms with Gasteiger partial charge in [0.2, 0.25) is 10.0 Å². The minimum Gasteiger partial charge on any atom is -0.387 e. The number of nitrogens with one attached hydrogen (secondary N) is 4. The number of urea groups is 1. The van der Waals surface area contributed by atoms with Crippen LogP contribution < -0.4 is 20.7 Å². The van der Waals surface area contributed by atoms with E-state index in [1.807, 2.05) is 0 Å². The molecule has 0 spiro atoms. The van der Waals surface area contributed by atoms with E-state index in [1.54, 1.807) is 19.1 Å². The van der Waals surface area contributed by atoms with E-state index in [0.29, 0.717) is 24.3 Å². The molecule has 1 aliphatic heterocycles. The molecule has 3 aromatic rings. The van der Waals surface area contributed by atoms with Gasteiger partial charge in [-0.25, -0.2) is 32.9 Å². The summed E-state index contributed by atoms with van der Waals surface area (Å²) in [6.45, 7) is 2.04. The molecular formula is C29H36N8O7S. The molecule has 45 heavy (non-hydrogen) atoms. The number of hydrogen-bond donors (Lipinski definition) is 6. The highest BCUT2D eigenvalue weighted by Gasteiger charge is 2.52.